The number of aliphatic hydroxyl groups is 2. The average molecular weight is 591 g/mol. The van der Waals surface area contributed by atoms with E-state index in [1.54, 1.807) is 28.3 Å². The van der Waals surface area contributed by atoms with E-state index in [2.05, 4.69) is 16.4 Å². The van der Waals surface area contributed by atoms with E-state index in [1.165, 1.54) is 0 Å². The van der Waals surface area contributed by atoms with Crippen molar-refractivity contribution < 1.29 is 43.3 Å². The number of methoxy groups -OCH3 is 1. The van der Waals surface area contributed by atoms with Crippen LogP contribution in [0.4, 0.5) is 0 Å². The maximum Gasteiger partial charge on any atom is 0.359 e. The SMILES string of the molecule is COc1ccccc1OCCNCC(O)COc1cccc2[nH]c3ccccc3c12.C[N+](C)(C)CC(O)P(=O)(O)O. The van der Waals surface area contributed by atoms with E-state index in [1.807, 2.05) is 60.7 Å². The van der Waals surface area contributed by atoms with Gasteiger partial charge in [-0.15, -0.1) is 0 Å². The highest BCUT2D eigenvalue weighted by Crippen LogP contribution is 2.40. The molecular weight excluding hydrogens is 549 g/mol. The fourth-order valence-corrected chi connectivity index (χ4v) is 4.77. The molecule has 0 aliphatic heterocycles. The van der Waals surface area contributed by atoms with Gasteiger partial charge in [0.2, 0.25) is 5.85 Å². The highest BCUT2D eigenvalue weighted by molar-refractivity contribution is 7.52. The zero-order valence-corrected chi connectivity index (χ0v) is 24.8. The molecule has 41 heavy (non-hydrogen) atoms. The van der Waals surface area contributed by atoms with Crippen molar-refractivity contribution in [1.82, 2.24) is 10.3 Å². The highest BCUT2D eigenvalue weighted by Gasteiger charge is 2.31. The number of benzene rings is 3. The molecule has 0 amide bonds. The van der Waals surface area contributed by atoms with Gasteiger partial charge >= 0.3 is 7.60 Å². The van der Waals surface area contributed by atoms with E-state index >= 15 is 0 Å². The Labute approximate surface area is 240 Å². The number of fused-ring (bicyclic) bond motifs is 3. The number of aliphatic hydroxyl groups excluding tert-OH is 2. The number of likely N-dealkylation sites (N-methyl/N-ethyl adjacent to an activating group) is 1. The van der Waals surface area contributed by atoms with Gasteiger partial charge in [-0.25, -0.2) is 0 Å². The number of nitrogens with zero attached hydrogens (tertiary/aromatic N) is 1. The Morgan fingerprint density at radius 2 is 1.51 bits per heavy atom. The predicted molar refractivity (Wildman–Crippen MR) is 160 cm³/mol. The van der Waals surface area contributed by atoms with Gasteiger partial charge < -0.3 is 49.0 Å². The molecule has 224 valence electrons. The summed E-state index contributed by atoms with van der Waals surface area (Å²) in [4.78, 5) is 20.4. The fourth-order valence-electron chi connectivity index (χ4n) is 4.07. The van der Waals surface area contributed by atoms with E-state index < -0.39 is 19.5 Å². The zero-order valence-electron chi connectivity index (χ0n) is 23.9. The molecule has 4 rings (SSSR count). The first-order valence-electron chi connectivity index (χ1n) is 13.2. The van der Waals surface area contributed by atoms with Crippen LogP contribution in [0.25, 0.3) is 21.8 Å². The van der Waals surface area contributed by atoms with Crippen molar-refractivity contribution in [3.8, 4) is 17.2 Å². The minimum absolute atomic E-state index is 0.0459. The Bertz CT molecular complexity index is 1430. The summed E-state index contributed by atoms with van der Waals surface area (Å²) in [5, 5.41) is 24.6. The Morgan fingerprint density at radius 1 is 0.878 bits per heavy atom. The van der Waals surface area contributed by atoms with Crippen LogP contribution in [0.15, 0.2) is 66.7 Å². The van der Waals surface area contributed by atoms with Gasteiger partial charge in [-0.3, -0.25) is 4.57 Å². The van der Waals surface area contributed by atoms with E-state index in [9.17, 15) is 9.67 Å². The number of quaternary nitrogens is 1. The summed E-state index contributed by atoms with van der Waals surface area (Å²) < 4.78 is 27.7. The molecule has 0 aliphatic rings. The molecule has 1 heterocycles. The largest absolute Gasteiger partial charge is 0.493 e. The number of hydrogen-bond acceptors (Lipinski definition) is 7. The van der Waals surface area contributed by atoms with Crippen LogP contribution in [0.5, 0.6) is 17.2 Å². The Kier molecular flexibility index (Phi) is 11.6. The molecule has 0 radical (unpaired) electrons. The standard InChI is InChI=1S/C24H26N2O4.C5H14NO4P/c1-28-21-10-4-5-11-22(21)29-14-13-25-15-17(27)16-30-23-12-6-9-20-24(23)18-7-2-3-8-19(18)26-20;1-6(2,3)4-5(7)11(8,9)10/h2-12,17,25-27H,13-16H2,1H3;5,7H,4H2,1-3H3,(H-,8,9,10)/p+1. The number of aromatic amines is 1. The van der Waals surface area contributed by atoms with Crippen LogP contribution < -0.4 is 19.5 Å². The average Bonchev–Trinajstić information content (AvgIpc) is 3.30. The maximum absolute atomic E-state index is 10.4. The van der Waals surface area contributed by atoms with Crippen LogP contribution >= 0.6 is 7.60 Å². The van der Waals surface area contributed by atoms with Crippen molar-refractivity contribution in [3.05, 3.63) is 66.7 Å². The Balaban J connectivity index is 0.000000358. The normalized spacial score (nSPS) is 13.4. The van der Waals surface area contributed by atoms with Crippen molar-refractivity contribution in [1.29, 1.82) is 0 Å². The first kappa shape index (κ1) is 32.4. The summed E-state index contributed by atoms with van der Waals surface area (Å²) in [6.45, 7) is 1.75. The van der Waals surface area contributed by atoms with Gasteiger partial charge in [-0.05, 0) is 30.3 Å². The van der Waals surface area contributed by atoms with E-state index in [0.29, 0.717) is 35.7 Å². The van der Waals surface area contributed by atoms with Crippen molar-refractivity contribution in [2.24, 2.45) is 0 Å². The van der Waals surface area contributed by atoms with Crippen LogP contribution in [0.3, 0.4) is 0 Å². The number of H-pyrrole nitrogens is 1. The molecule has 2 atom stereocenters. The molecule has 12 heteroatoms. The second kappa shape index (κ2) is 14.7. The molecule has 0 fully saturated rings. The molecular formula is C29H41N3O8P+. The van der Waals surface area contributed by atoms with Crippen LogP contribution in [0.2, 0.25) is 0 Å². The van der Waals surface area contributed by atoms with E-state index in [4.69, 9.17) is 29.1 Å². The fraction of sp³-hybridized carbons (Fsp3) is 0.379. The molecule has 4 aromatic rings. The number of para-hydroxylation sites is 3. The Morgan fingerprint density at radius 3 is 2.17 bits per heavy atom. The maximum atomic E-state index is 10.4. The lowest BCUT2D eigenvalue weighted by Crippen LogP contribution is -2.41. The highest BCUT2D eigenvalue weighted by atomic mass is 31.2. The lowest BCUT2D eigenvalue weighted by Gasteiger charge is -2.26. The summed E-state index contributed by atoms with van der Waals surface area (Å²) in [5.74, 6) is 0.626. The summed E-state index contributed by atoms with van der Waals surface area (Å²) in [6, 6.07) is 21.6. The third kappa shape index (κ3) is 10.0. The molecule has 2 unspecified atom stereocenters. The zero-order chi connectivity index (χ0) is 30.0. The molecule has 0 spiro atoms. The van der Waals surface area contributed by atoms with Crippen molar-refractivity contribution in [2.75, 3.05) is 61.1 Å². The summed E-state index contributed by atoms with van der Waals surface area (Å²) in [7, 11) is 2.55. The first-order valence-corrected chi connectivity index (χ1v) is 14.9. The van der Waals surface area contributed by atoms with Crippen molar-refractivity contribution in [2.45, 2.75) is 11.9 Å². The van der Waals surface area contributed by atoms with Crippen molar-refractivity contribution in [3.63, 3.8) is 0 Å². The predicted octanol–water partition coefficient (Wildman–Crippen LogP) is 2.93. The number of nitrogens with one attached hydrogen (secondary N) is 2. The van der Waals surface area contributed by atoms with Gasteiger partial charge in [0.15, 0.2) is 11.5 Å². The molecule has 11 nitrogen and oxygen atoms in total. The molecule has 0 saturated heterocycles. The van der Waals surface area contributed by atoms with Crippen LogP contribution in [-0.4, -0.2) is 103 Å². The molecule has 3 aromatic carbocycles. The first-order chi connectivity index (χ1) is 19.4. The minimum Gasteiger partial charge on any atom is -0.493 e. The van der Waals surface area contributed by atoms with Crippen molar-refractivity contribution >= 4 is 29.4 Å². The molecule has 6 N–H and O–H groups in total. The van der Waals surface area contributed by atoms with E-state index in [0.717, 1.165) is 27.6 Å². The van der Waals surface area contributed by atoms with Gasteiger partial charge in [0.05, 0.1) is 33.8 Å². The minimum atomic E-state index is -4.31. The topological polar surface area (TPSA) is 154 Å². The molecule has 0 aliphatic carbocycles. The van der Waals surface area contributed by atoms with Gasteiger partial charge in [0.1, 0.15) is 31.6 Å². The smallest absolute Gasteiger partial charge is 0.359 e. The van der Waals surface area contributed by atoms with Gasteiger partial charge in [0.25, 0.3) is 0 Å². The Hall–Kier alpha value is -3.15. The van der Waals surface area contributed by atoms with Gasteiger partial charge in [0, 0.05) is 29.4 Å². The second-order valence-electron chi connectivity index (χ2n) is 10.6. The van der Waals surface area contributed by atoms with Crippen LogP contribution in [0, 0.1) is 0 Å². The summed E-state index contributed by atoms with van der Waals surface area (Å²) in [6.07, 6.45) is -0.628. The summed E-state index contributed by atoms with van der Waals surface area (Å²) in [5.41, 5.74) is 2.09. The molecule has 0 bridgehead atoms. The molecule has 1 aromatic heterocycles. The number of ether oxygens (including phenoxy) is 3. The second-order valence-corrected chi connectivity index (χ2v) is 12.3. The van der Waals surface area contributed by atoms with E-state index in [-0.39, 0.29) is 13.2 Å². The summed E-state index contributed by atoms with van der Waals surface area (Å²) >= 11 is 0. The number of rotatable bonds is 13. The molecule has 0 saturated carbocycles. The lowest BCUT2D eigenvalue weighted by atomic mass is 10.1. The third-order valence-electron chi connectivity index (χ3n) is 6.01. The number of hydrogen-bond donors (Lipinski definition) is 6. The number of aromatic nitrogens is 1. The third-order valence-corrected chi connectivity index (χ3v) is 6.95. The lowest BCUT2D eigenvalue weighted by molar-refractivity contribution is -0.872. The quantitative estimate of drug-likeness (QED) is 0.0784. The van der Waals surface area contributed by atoms with Crippen LogP contribution in [-0.2, 0) is 4.57 Å². The van der Waals surface area contributed by atoms with Gasteiger partial charge in [-0.2, -0.15) is 0 Å². The van der Waals surface area contributed by atoms with Crippen LogP contribution in [0.1, 0.15) is 0 Å². The monoisotopic (exact) mass is 590 g/mol. The van der Waals surface area contributed by atoms with Gasteiger partial charge in [-0.1, -0.05) is 36.4 Å².